The molecule has 3 rings (SSSR count). The first-order chi connectivity index (χ1) is 13.2. The van der Waals surface area contributed by atoms with Crippen molar-refractivity contribution >= 4 is 5.97 Å². The number of hydrogen-bond donors (Lipinski definition) is 0. The van der Waals surface area contributed by atoms with Gasteiger partial charge >= 0.3 is 5.97 Å². The van der Waals surface area contributed by atoms with Gasteiger partial charge in [-0.2, -0.15) is 0 Å². The van der Waals surface area contributed by atoms with E-state index in [0.717, 1.165) is 30.7 Å². The molecule has 5 heteroatoms. The van der Waals surface area contributed by atoms with Crippen LogP contribution in [0, 0.1) is 11.7 Å². The molecular formula is C22H25FN2O2. The zero-order valence-corrected chi connectivity index (χ0v) is 15.4. The number of benzene rings is 1. The summed E-state index contributed by atoms with van der Waals surface area (Å²) in [6.45, 7) is 3.78. The molecule has 1 fully saturated rings. The molecule has 0 unspecified atom stereocenters. The standard InChI is InChI=1S/C22H25FN2O2/c1-2-3-4-5-16-6-8-17(9-7-16)18-14-24-21(25-15-18)22(26)27-20-12-10-19(23)11-13-20/h2,10-17H,1,3-9H2. The Labute approximate surface area is 159 Å². The molecule has 1 aliphatic rings. The summed E-state index contributed by atoms with van der Waals surface area (Å²) in [4.78, 5) is 20.5. The minimum atomic E-state index is -0.640. The number of hydrogen-bond acceptors (Lipinski definition) is 4. The Morgan fingerprint density at radius 3 is 2.44 bits per heavy atom. The number of aromatic nitrogens is 2. The summed E-state index contributed by atoms with van der Waals surface area (Å²) < 4.78 is 18.1. The highest BCUT2D eigenvalue weighted by molar-refractivity contribution is 5.86. The van der Waals surface area contributed by atoms with Crippen LogP contribution in [0.15, 0.2) is 49.3 Å². The maximum atomic E-state index is 12.9. The van der Waals surface area contributed by atoms with E-state index in [9.17, 15) is 9.18 Å². The molecule has 1 aliphatic carbocycles. The molecule has 0 saturated heterocycles. The van der Waals surface area contributed by atoms with E-state index in [1.807, 2.05) is 6.08 Å². The van der Waals surface area contributed by atoms with Gasteiger partial charge in [0.25, 0.3) is 0 Å². The Morgan fingerprint density at radius 2 is 1.81 bits per heavy atom. The van der Waals surface area contributed by atoms with Crippen molar-refractivity contribution in [2.45, 2.75) is 50.9 Å². The molecule has 1 aromatic carbocycles. The van der Waals surface area contributed by atoms with Crippen LogP contribution in [-0.2, 0) is 0 Å². The average Bonchev–Trinajstić information content (AvgIpc) is 2.70. The number of rotatable bonds is 7. The van der Waals surface area contributed by atoms with E-state index in [1.165, 1.54) is 49.9 Å². The normalized spacial score (nSPS) is 19.4. The van der Waals surface area contributed by atoms with Crippen LogP contribution in [0.1, 0.15) is 67.0 Å². The van der Waals surface area contributed by atoms with E-state index < -0.39 is 5.97 Å². The van der Waals surface area contributed by atoms with Gasteiger partial charge in [-0.25, -0.2) is 19.2 Å². The Morgan fingerprint density at radius 1 is 1.15 bits per heavy atom. The van der Waals surface area contributed by atoms with Crippen LogP contribution >= 0.6 is 0 Å². The van der Waals surface area contributed by atoms with Gasteiger partial charge in [0, 0.05) is 12.4 Å². The minimum Gasteiger partial charge on any atom is -0.421 e. The third kappa shape index (κ3) is 5.46. The molecule has 1 aromatic heterocycles. The maximum absolute atomic E-state index is 12.9. The number of allylic oxidation sites excluding steroid dienone is 1. The van der Waals surface area contributed by atoms with Crippen molar-refractivity contribution in [3.05, 3.63) is 66.5 Å². The van der Waals surface area contributed by atoms with Crippen LogP contribution in [-0.4, -0.2) is 15.9 Å². The second-order valence-electron chi connectivity index (χ2n) is 7.12. The van der Waals surface area contributed by atoms with Gasteiger partial charge in [-0.05, 0) is 80.2 Å². The van der Waals surface area contributed by atoms with Crippen molar-refractivity contribution in [3.63, 3.8) is 0 Å². The van der Waals surface area contributed by atoms with Crippen molar-refractivity contribution in [3.8, 4) is 5.75 Å². The summed E-state index contributed by atoms with van der Waals surface area (Å²) in [6.07, 6.45) is 13.8. The van der Waals surface area contributed by atoms with Crippen LogP contribution in [0.2, 0.25) is 0 Å². The molecular weight excluding hydrogens is 343 g/mol. The molecule has 0 aliphatic heterocycles. The van der Waals surface area contributed by atoms with E-state index in [4.69, 9.17) is 4.74 Å². The van der Waals surface area contributed by atoms with E-state index in [0.29, 0.717) is 5.92 Å². The molecule has 0 amide bonds. The van der Waals surface area contributed by atoms with E-state index in [-0.39, 0.29) is 17.4 Å². The Balaban J connectivity index is 1.52. The molecule has 1 saturated carbocycles. The van der Waals surface area contributed by atoms with Crippen LogP contribution in [0.5, 0.6) is 5.75 Å². The van der Waals surface area contributed by atoms with Crippen LogP contribution in [0.25, 0.3) is 0 Å². The van der Waals surface area contributed by atoms with Gasteiger partial charge in [0.1, 0.15) is 11.6 Å². The smallest absolute Gasteiger partial charge is 0.381 e. The summed E-state index contributed by atoms with van der Waals surface area (Å²) in [5.41, 5.74) is 1.08. The minimum absolute atomic E-state index is 0.0150. The molecule has 142 valence electrons. The average molecular weight is 368 g/mol. The molecule has 2 aromatic rings. The summed E-state index contributed by atoms with van der Waals surface area (Å²) in [6, 6.07) is 5.27. The molecule has 4 nitrogen and oxygen atoms in total. The molecule has 0 spiro atoms. The molecule has 0 atom stereocenters. The second-order valence-corrected chi connectivity index (χ2v) is 7.12. The van der Waals surface area contributed by atoms with Gasteiger partial charge in [0.15, 0.2) is 0 Å². The quantitative estimate of drug-likeness (QED) is 0.282. The fourth-order valence-corrected chi connectivity index (χ4v) is 3.64. The predicted molar refractivity (Wildman–Crippen MR) is 102 cm³/mol. The highest BCUT2D eigenvalue weighted by atomic mass is 19.1. The predicted octanol–water partition coefficient (Wildman–Crippen LogP) is 5.47. The first-order valence-electron chi connectivity index (χ1n) is 9.56. The highest BCUT2D eigenvalue weighted by Crippen LogP contribution is 2.37. The van der Waals surface area contributed by atoms with E-state index in [1.54, 1.807) is 12.4 Å². The fourth-order valence-electron chi connectivity index (χ4n) is 3.64. The first kappa shape index (κ1) is 19.2. The van der Waals surface area contributed by atoms with Crippen molar-refractivity contribution in [1.82, 2.24) is 9.97 Å². The first-order valence-corrected chi connectivity index (χ1v) is 9.56. The topological polar surface area (TPSA) is 52.1 Å². The van der Waals surface area contributed by atoms with Crippen LogP contribution in [0.3, 0.4) is 0 Å². The van der Waals surface area contributed by atoms with Gasteiger partial charge in [-0.1, -0.05) is 12.5 Å². The number of halogens is 1. The monoisotopic (exact) mass is 368 g/mol. The highest BCUT2D eigenvalue weighted by Gasteiger charge is 2.23. The summed E-state index contributed by atoms with van der Waals surface area (Å²) in [5.74, 6) is 0.532. The van der Waals surface area contributed by atoms with Gasteiger partial charge in [-0.15, -0.1) is 6.58 Å². The summed E-state index contributed by atoms with van der Waals surface area (Å²) in [7, 11) is 0. The number of esters is 1. The Hall–Kier alpha value is -2.56. The van der Waals surface area contributed by atoms with Crippen molar-refractivity contribution < 1.29 is 13.9 Å². The molecule has 0 N–H and O–H groups in total. The SMILES string of the molecule is C=CCCCC1CCC(c2cnc(C(=O)Oc3ccc(F)cc3)nc2)CC1. The maximum Gasteiger partial charge on any atom is 0.381 e. The lowest BCUT2D eigenvalue weighted by Crippen LogP contribution is -2.16. The number of unbranched alkanes of at least 4 members (excludes halogenated alkanes) is 1. The van der Waals surface area contributed by atoms with Gasteiger partial charge in [0.2, 0.25) is 5.82 Å². The second kappa shape index (κ2) is 9.40. The zero-order chi connectivity index (χ0) is 19.1. The zero-order valence-electron chi connectivity index (χ0n) is 15.4. The van der Waals surface area contributed by atoms with Gasteiger partial charge in [-0.3, -0.25) is 0 Å². The molecule has 0 bridgehead atoms. The third-order valence-electron chi connectivity index (χ3n) is 5.22. The lowest BCUT2D eigenvalue weighted by molar-refractivity contribution is 0.0721. The van der Waals surface area contributed by atoms with Gasteiger partial charge < -0.3 is 4.74 Å². The van der Waals surface area contributed by atoms with Crippen molar-refractivity contribution in [1.29, 1.82) is 0 Å². The molecule has 1 heterocycles. The lowest BCUT2D eigenvalue weighted by Gasteiger charge is -2.28. The lowest BCUT2D eigenvalue weighted by atomic mass is 9.77. The van der Waals surface area contributed by atoms with Crippen LogP contribution < -0.4 is 4.74 Å². The number of carbonyl (C=O) groups excluding carboxylic acids is 1. The largest absolute Gasteiger partial charge is 0.421 e. The number of carbonyl (C=O) groups is 1. The summed E-state index contributed by atoms with van der Waals surface area (Å²) in [5, 5.41) is 0. The Bertz CT molecular complexity index is 751. The van der Waals surface area contributed by atoms with Crippen molar-refractivity contribution in [2.24, 2.45) is 5.92 Å². The van der Waals surface area contributed by atoms with Crippen LogP contribution in [0.4, 0.5) is 4.39 Å². The van der Waals surface area contributed by atoms with Gasteiger partial charge in [0.05, 0.1) is 0 Å². The Kier molecular flexibility index (Phi) is 6.69. The molecule has 0 radical (unpaired) electrons. The van der Waals surface area contributed by atoms with E-state index in [2.05, 4.69) is 16.5 Å². The summed E-state index contributed by atoms with van der Waals surface area (Å²) >= 11 is 0. The van der Waals surface area contributed by atoms with Crippen molar-refractivity contribution in [2.75, 3.05) is 0 Å². The molecule has 27 heavy (non-hydrogen) atoms. The van der Waals surface area contributed by atoms with E-state index >= 15 is 0 Å². The number of nitrogens with zero attached hydrogens (tertiary/aromatic N) is 2. The number of ether oxygens (including phenoxy) is 1. The third-order valence-corrected chi connectivity index (χ3v) is 5.22. The fraction of sp³-hybridized carbons (Fsp3) is 0.409.